The van der Waals surface area contributed by atoms with Gasteiger partial charge < -0.3 is 5.11 Å². The molecule has 1 fully saturated rings. The highest BCUT2D eigenvalue weighted by atomic mass is 16.3. The molecule has 0 amide bonds. The zero-order valence-corrected chi connectivity index (χ0v) is 11.3. The van der Waals surface area contributed by atoms with Crippen LogP contribution in [0.3, 0.4) is 0 Å². The average Bonchev–Trinajstić information content (AvgIpc) is 2.82. The van der Waals surface area contributed by atoms with E-state index < -0.39 is 0 Å². The van der Waals surface area contributed by atoms with Crippen molar-refractivity contribution < 1.29 is 5.11 Å². The Morgan fingerprint density at radius 3 is 2.53 bits per heavy atom. The number of hydrogen-bond acceptors (Lipinski definition) is 3. The number of rotatable bonds is 3. The Morgan fingerprint density at radius 2 is 2.06 bits per heavy atom. The number of aryl methyl sites for hydroxylation is 2. The first-order chi connectivity index (χ1) is 7.99. The van der Waals surface area contributed by atoms with Crippen LogP contribution in [0, 0.1) is 5.41 Å². The maximum atomic E-state index is 10.4. The van der Waals surface area contributed by atoms with E-state index in [0.29, 0.717) is 0 Å². The van der Waals surface area contributed by atoms with Crippen molar-refractivity contribution in [3.8, 4) is 0 Å². The first kappa shape index (κ1) is 12.6. The first-order valence-electron chi connectivity index (χ1n) is 6.62. The monoisotopic (exact) mass is 237 g/mol. The fourth-order valence-electron chi connectivity index (χ4n) is 2.66. The van der Waals surface area contributed by atoms with Crippen LogP contribution in [0.25, 0.3) is 0 Å². The second-order valence-electron chi connectivity index (χ2n) is 5.64. The lowest BCUT2D eigenvalue weighted by Gasteiger charge is -2.26. The molecular formula is C13H23N3O. The van der Waals surface area contributed by atoms with Gasteiger partial charge in [0.1, 0.15) is 5.82 Å². The number of hydrogen-bond donors (Lipinski definition) is 1. The quantitative estimate of drug-likeness (QED) is 0.876. The van der Waals surface area contributed by atoms with Gasteiger partial charge in [0, 0.05) is 12.8 Å². The molecule has 4 heteroatoms. The summed E-state index contributed by atoms with van der Waals surface area (Å²) in [6, 6.07) is 0.104. The molecule has 0 spiro atoms. The Balaban J connectivity index is 2.31. The molecule has 1 saturated carbocycles. The number of nitrogens with zero attached hydrogens (tertiary/aromatic N) is 3. The lowest BCUT2D eigenvalue weighted by molar-refractivity contribution is 0.0453. The van der Waals surface area contributed by atoms with Crippen molar-refractivity contribution >= 4 is 0 Å². The summed E-state index contributed by atoms with van der Waals surface area (Å²) in [5, 5.41) is 14.9. The van der Waals surface area contributed by atoms with E-state index in [-0.39, 0.29) is 17.6 Å². The highest BCUT2D eigenvalue weighted by Gasteiger charge is 2.42. The molecule has 1 N–H and O–H groups in total. The van der Waals surface area contributed by atoms with Crippen molar-refractivity contribution in [3.63, 3.8) is 0 Å². The maximum absolute atomic E-state index is 10.4. The molecule has 1 aliphatic rings. The molecule has 1 aliphatic carbocycles. The minimum Gasteiger partial charge on any atom is -0.390 e. The molecule has 0 saturated heterocycles. The van der Waals surface area contributed by atoms with Gasteiger partial charge in [-0.15, -0.1) is 0 Å². The van der Waals surface area contributed by atoms with Crippen molar-refractivity contribution in [1.82, 2.24) is 14.8 Å². The van der Waals surface area contributed by atoms with Crippen LogP contribution in [0.5, 0.6) is 0 Å². The molecule has 17 heavy (non-hydrogen) atoms. The third-order valence-corrected chi connectivity index (χ3v) is 3.94. The summed E-state index contributed by atoms with van der Waals surface area (Å²) in [6.07, 6.45) is 3.44. The Hall–Kier alpha value is -0.900. The van der Waals surface area contributed by atoms with Crippen LogP contribution in [0.15, 0.2) is 0 Å². The highest BCUT2D eigenvalue weighted by molar-refractivity contribution is 5.01. The smallest absolute Gasteiger partial charge is 0.150 e. The van der Waals surface area contributed by atoms with Crippen LogP contribution in [0.4, 0.5) is 0 Å². The van der Waals surface area contributed by atoms with E-state index in [2.05, 4.69) is 37.8 Å². The van der Waals surface area contributed by atoms with E-state index in [4.69, 9.17) is 0 Å². The summed E-state index contributed by atoms with van der Waals surface area (Å²) in [5.74, 6) is 1.89. The fourth-order valence-corrected chi connectivity index (χ4v) is 2.66. The molecule has 0 aliphatic heterocycles. The van der Waals surface area contributed by atoms with Gasteiger partial charge in [-0.3, -0.25) is 0 Å². The van der Waals surface area contributed by atoms with Gasteiger partial charge in [-0.25, -0.2) is 9.67 Å². The zero-order chi connectivity index (χ0) is 12.6. The van der Waals surface area contributed by atoms with Crippen molar-refractivity contribution in [2.45, 2.75) is 65.5 Å². The SMILES string of the molecule is CCc1nc(CC)n(C2CCC(C)(C)C2O)n1. The van der Waals surface area contributed by atoms with Crippen molar-refractivity contribution in [1.29, 1.82) is 0 Å². The lowest BCUT2D eigenvalue weighted by Crippen LogP contribution is -2.30. The normalized spacial score (nSPS) is 27.6. The van der Waals surface area contributed by atoms with Crippen molar-refractivity contribution in [2.24, 2.45) is 5.41 Å². The van der Waals surface area contributed by atoms with Gasteiger partial charge in [0.15, 0.2) is 5.82 Å². The Kier molecular flexibility index (Phi) is 3.25. The zero-order valence-electron chi connectivity index (χ0n) is 11.3. The summed E-state index contributed by atoms with van der Waals surface area (Å²) in [5.41, 5.74) is -0.00595. The van der Waals surface area contributed by atoms with Gasteiger partial charge in [-0.2, -0.15) is 5.10 Å². The predicted molar refractivity (Wildman–Crippen MR) is 66.8 cm³/mol. The summed E-state index contributed by atoms with van der Waals surface area (Å²) in [4.78, 5) is 4.51. The highest BCUT2D eigenvalue weighted by Crippen LogP contribution is 2.43. The van der Waals surface area contributed by atoms with Crippen LogP contribution in [0.1, 0.15) is 58.2 Å². The van der Waals surface area contributed by atoms with Crippen LogP contribution >= 0.6 is 0 Å². The molecule has 2 unspecified atom stereocenters. The van der Waals surface area contributed by atoms with Gasteiger partial charge in [0.2, 0.25) is 0 Å². The van der Waals surface area contributed by atoms with Crippen LogP contribution in [-0.4, -0.2) is 26.0 Å². The summed E-state index contributed by atoms with van der Waals surface area (Å²) >= 11 is 0. The molecule has 2 atom stereocenters. The molecule has 1 aromatic rings. The lowest BCUT2D eigenvalue weighted by atomic mass is 9.89. The standard InChI is InChI=1S/C13H23N3O/c1-5-10-14-11(6-2)16(15-10)9-7-8-13(3,4)12(9)17/h9,12,17H,5-8H2,1-4H3. The summed E-state index contributed by atoms with van der Waals surface area (Å²) in [7, 11) is 0. The Bertz CT molecular complexity index is 397. The van der Waals surface area contributed by atoms with E-state index >= 15 is 0 Å². The molecule has 2 rings (SSSR count). The third kappa shape index (κ3) is 2.10. The molecule has 0 aromatic carbocycles. The van der Waals surface area contributed by atoms with E-state index in [0.717, 1.165) is 37.3 Å². The van der Waals surface area contributed by atoms with Crippen LogP contribution in [0.2, 0.25) is 0 Å². The minimum atomic E-state index is -0.320. The Labute approximate surface area is 103 Å². The molecule has 4 nitrogen and oxygen atoms in total. The third-order valence-electron chi connectivity index (χ3n) is 3.94. The molecule has 0 bridgehead atoms. The van der Waals surface area contributed by atoms with E-state index in [9.17, 15) is 5.11 Å². The first-order valence-corrected chi connectivity index (χ1v) is 6.62. The van der Waals surface area contributed by atoms with E-state index in [1.807, 2.05) is 4.68 Å². The topological polar surface area (TPSA) is 50.9 Å². The largest absolute Gasteiger partial charge is 0.390 e. The van der Waals surface area contributed by atoms with Gasteiger partial charge in [0.25, 0.3) is 0 Å². The molecular weight excluding hydrogens is 214 g/mol. The molecule has 96 valence electrons. The van der Waals surface area contributed by atoms with Gasteiger partial charge in [-0.1, -0.05) is 27.7 Å². The number of aromatic nitrogens is 3. The van der Waals surface area contributed by atoms with Gasteiger partial charge in [0.05, 0.1) is 12.1 Å². The minimum absolute atomic E-state index is 0.00595. The average molecular weight is 237 g/mol. The second kappa shape index (κ2) is 4.41. The number of aliphatic hydroxyl groups is 1. The summed E-state index contributed by atoms with van der Waals surface area (Å²) in [6.45, 7) is 8.41. The van der Waals surface area contributed by atoms with Gasteiger partial charge in [-0.05, 0) is 18.3 Å². The summed E-state index contributed by atoms with van der Waals surface area (Å²) < 4.78 is 1.97. The van der Waals surface area contributed by atoms with Crippen LogP contribution in [-0.2, 0) is 12.8 Å². The molecule has 1 heterocycles. The van der Waals surface area contributed by atoms with Crippen molar-refractivity contribution in [2.75, 3.05) is 0 Å². The maximum Gasteiger partial charge on any atom is 0.150 e. The molecule has 1 aromatic heterocycles. The number of aliphatic hydroxyl groups excluding tert-OH is 1. The van der Waals surface area contributed by atoms with Crippen molar-refractivity contribution in [3.05, 3.63) is 11.6 Å². The van der Waals surface area contributed by atoms with E-state index in [1.165, 1.54) is 0 Å². The van der Waals surface area contributed by atoms with Crippen LogP contribution < -0.4 is 0 Å². The Morgan fingerprint density at radius 1 is 1.35 bits per heavy atom. The fraction of sp³-hybridized carbons (Fsp3) is 0.846. The second-order valence-corrected chi connectivity index (χ2v) is 5.64. The predicted octanol–water partition coefficient (Wildman–Crippen LogP) is 2.12. The molecule has 0 radical (unpaired) electrons. The van der Waals surface area contributed by atoms with E-state index in [1.54, 1.807) is 0 Å². The van der Waals surface area contributed by atoms with Gasteiger partial charge >= 0.3 is 0 Å².